The highest BCUT2D eigenvalue weighted by atomic mass is 35.5. The summed E-state index contributed by atoms with van der Waals surface area (Å²) < 4.78 is 40.0. The van der Waals surface area contributed by atoms with Crippen molar-refractivity contribution in [1.29, 1.82) is 0 Å². The van der Waals surface area contributed by atoms with Gasteiger partial charge in [0.05, 0.1) is 32.8 Å². The van der Waals surface area contributed by atoms with Gasteiger partial charge in [-0.25, -0.2) is 10.0 Å². The first-order chi connectivity index (χ1) is 24.5. The number of nitrogens with one attached hydrogen (secondary N) is 2. The molecule has 4 aromatic carbocycles. The fourth-order valence-electron chi connectivity index (χ4n) is 5.16. The molecule has 0 saturated carbocycles. The quantitative estimate of drug-likeness (QED) is 0.203. The van der Waals surface area contributed by atoms with Gasteiger partial charge in [-0.05, 0) is 128 Å². The Morgan fingerprint density at radius 3 is 1.28 bits per heavy atom. The average molecular weight is 751 g/mol. The second-order valence-corrected chi connectivity index (χ2v) is 14.9. The number of rotatable bonds is 4. The lowest BCUT2D eigenvalue weighted by Gasteiger charge is -2.36. The highest BCUT2D eigenvalue weighted by Crippen LogP contribution is 2.33. The second kappa shape index (κ2) is 16.7. The molecule has 0 aliphatic heterocycles. The van der Waals surface area contributed by atoms with Gasteiger partial charge in [-0.1, -0.05) is 60.1 Å². The van der Waals surface area contributed by atoms with Crippen LogP contribution in [-0.4, -0.2) is 44.7 Å². The van der Waals surface area contributed by atoms with Crippen molar-refractivity contribution in [2.24, 2.45) is 0 Å². The van der Waals surface area contributed by atoms with Crippen molar-refractivity contribution >= 4 is 35.2 Å². The Morgan fingerprint density at radius 1 is 0.528 bits per heavy atom. The second-order valence-electron chi connectivity index (χ2n) is 14.5. The van der Waals surface area contributed by atoms with Crippen molar-refractivity contribution in [3.63, 3.8) is 0 Å². The highest BCUT2D eigenvalue weighted by molar-refractivity contribution is 6.33. The van der Waals surface area contributed by atoms with Crippen molar-refractivity contribution in [2.75, 3.05) is 0 Å². The number of carbonyl (C=O) groups is 4. The summed E-state index contributed by atoms with van der Waals surface area (Å²) in [6.45, 7) is 17.9. The molecule has 0 unspecified atom stereocenters. The Bertz CT molecular complexity index is 2000. The van der Waals surface area contributed by atoms with E-state index in [1.165, 1.54) is 17.1 Å². The highest BCUT2D eigenvalue weighted by Gasteiger charge is 2.38. The molecule has 0 aliphatic carbocycles. The number of carbonyl (C=O) groups excluding carboxylic acids is 4. The first-order valence-electron chi connectivity index (χ1n) is 16.8. The predicted octanol–water partition coefficient (Wildman–Crippen LogP) is 9.45. The van der Waals surface area contributed by atoms with Gasteiger partial charge in [0.25, 0.3) is 23.6 Å². The maximum atomic E-state index is 13.3. The summed E-state index contributed by atoms with van der Waals surface area (Å²) in [5.41, 5.74) is 6.88. The third-order valence-electron chi connectivity index (χ3n) is 8.44. The van der Waals surface area contributed by atoms with Gasteiger partial charge in [0.1, 0.15) is 0 Å². The number of hydrogen-bond acceptors (Lipinski definition) is 4. The zero-order valence-corrected chi connectivity index (χ0v) is 32.4. The van der Waals surface area contributed by atoms with Crippen LogP contribution in [0, 0.1) is 27.7 Å². The third-order valence-corrected chi connectivity index (χ3v) is 8.77. The van der Waals surface area contributed by atoms with Crippen molar-refractivity contribution in [3.05, 3.63) is 140 Å². The number of aryl methyl sites for hydroxylation is 2. The lowest BCUT2D eigenvalue weighted by molar-refractivity contribution is -0.138. The van der Waals surface area contributed by atoms with Gasteiger partial charge in [-0.2, -0.15) is 13.2 Å². The van der Waals surface area contributed by atoms with Crippen LogP contribution in [0.5, 0.6) is 0 Å². The Labute approximate surface area is 314 Å². The first kappa shape index (κ1) is 42.3. The Kier molecular flexibility index (Phi) is 13.3. The Morgan fingerprint density at radius 2 is 0.887 bits per heavy atom. The number of hydrazine groups is 2. The summed E-state index contributed by atoms with van der Waals surface area (Å²) in [6.07, 6.45) is -4.69. The van der Waals surface area contributed by atoms with Crippen LogP contribution in [0.4, 0.5) is 13.2 Å². The molecule has 2 N–H and O–H groups in total. The van der Waals surface area contributed by atoms with Crippen LogP contribution in [0.1, 0.15) is 111 Å². The fourth-order valence-corrected chi connectivity index (χ4v) is 5.37. The Hall–Kier alpha value is -5.16. The van der Waals surface area contributed by atoms with E-state index < -0.39 is 40.2 Å². The maximum Gasteiger partial charge on any atom is 0.417 e. The van der Waals surface area contributed by atoms with Gasteiger partial charge in [-0.3, -0.25) is 30.0 Å². The molecule has 8 nitrogen and oxygen atoms in total. The van der Waals surface area contributed by atoms with Gasteiger partial charge in [0, 0.05) is 11.1 Å². The number of amides is 4. The molecule has 0 aliphatic rings. The van der Waals surface area contributed by atoms with E-state index in [1.54, 1.807) is 70.2 Å². The number of alkyl halides is 3. The lowest BCUT2D eigenvalue weighted by Crippen LogP contribution is -2.56. The van der Waals surface area contributed by atoms with Crippen molar-refractivity contribution in [1.82, 2.24) is 20.9 Å². The standard InChI is InChI=1S/C21H23F3N2O2.C20H23ClN2O2/c1-13-9-8-11-15(14(13)2)18(27)25-26(20(3,4)5)19(28)16-10-6-7-12-17(16)21(22,23)24;1-13-9-8-11-15(14(13)2)18(24)22-23(20(3,4)5)19(25)16-10-6-7-12-17(16)21/h6-12H,1-5H3,(H,25,27);6-12H,1-5H3,(H,22,24). The molecule has 0 fully saturated rings. The molecule has 12 heteroatoms. The molecular formula is C41H46ClF3N4O4. The van der Waals surface area contributed by atoms with Gasteiger partial charge < -0.3 is 0 Å². The largest absolute Gasteiger partial charge is 0.417 e. The summed E-state index contributed by atoms with van der Waals surface area (Å²) in [7, 11) is 0. The minimum absolute atomic E-state index is 0.323. The number of benzene rings is 4. The van der Waals surface area contributed by atoms with Crippen LogP contribution >= 0.6 is 11.6 Å². The normalized spacial score (nSPS) is 11.5. The van der Waals surface area contributed by atoms with E-state index in [0.717, 1.165) is 39.4 Å². The van der Waals surface area contributed by atoms with E-state index in [0.29, 0.717) is 21.7 Å². The van der Waals surface area contributed by atoms with E-state index in [-0.39, 0.29) is 11.8 Å². The smallest absolute Gasteiger partial charge is 0.267 e. The number of hydrogen-bond donors (Lipinski definition) is 2. The summed E-state index contributed by atoms with van der Waals surface area (Å²) in [6, 6.07) is 22.0. The molecule has 0 aromatic heterocycles. The van der Waals surface area contributed by atoms with Crippen LogP contribution < -0.4 is 10.9 Å². The molecule has 4 rings (SSSR count). The van der Waals surface area contributed by atoms with Crippen LogP contribution in [-0.2, 0) is 6.18 Å². The van der Waals surface area contributed by atoms with E-state index in [4.69, 9.17) is 11.6 Å². The minimum Gasteiger partial charge on any atom is -0.267 e. The van der Waals surface area contributed by atoms with Crippen molar-refractivity contribution < 1.29 is 32.3 Å². The lowest BCUT2D eigenvalue weighted by atomic mass is 10.0. The molecule has 0 bridgehead atoms. The molecule has 0 heterocycles. The zero-order valence-electron chi connectivity index (χ0n) is 31.6. The molecule has 4 amide bonds. The number of nitrogens with zero attached hydrogens (tertiary/aromatic N) is 2. The summed E-state index contributed by atoms with van der Waals surface area (Å²) in [5, 5.41) is 2.63. The van der Waals surface area contributed by atoms with E-state index in [1.807, 2.05) is 59.7 Å². The number of halogens is 4. The van der Waals surface area contributed by atoms with E-state index in [9.17, 15) is 32.3 Å². The van der Waals surface area contributed by atoms with Crippen LogP contribution in [0.2, 0.25) is 5.02 Å². The zero-order chi connectivity index (χ0) is 40.1. The van der Waals surface area contributed by atoms with Gasteiger partial charge in [-0.15, -0.1) is 0 Å². The van der Waals surface area contributed by atoms with Gasteiger partial charge in [0.2, 0.25) is 0 Å². The molecule has 4 aromatic rings. The van der Waals surface area contributed by atoms with Crippen molar-refractivity contribution in [3.8, 4) is 0 Å². The molecule has 53 heavy (non-hydrogen) atoms. The Balaban J connectivity index is 0.000000287. The average Bonchev–Trinajstić information content (AvgIpc) is 3.07. The van der Waals surface area contributed by atoms with Gasteiger partial charge in [0.15, 0.2) is 0 Å². The monoisotopic (exact) mass is 750 g/mol. The maximum absolute atomic E-state index is 13.3. The van der Waals surface area contributed by atoms with Gasteiger partial charge >= 0.3 is 6.18 Å². The molecule has 0 atom stereocenters. The SMILES string of the molecule is Cc1cccc(C(=O)NN(C(=O)c2ccccc2C(F)(F)F)C(C)(C)C)c1C.Cc1cccc(C(=O)NN(C(=O)c2ccccc2Cl)C(C)(C)C)c1C. The fraction of sp³-hybridized carbons (Fsp3) is 0.317. The predicted molar refractivity (Wildman–Crippen MR) is 202 cm³/mol. The molecule has 282 valence electrons. The topological polar surface area (TPSA) is 98.8 Å². The van der Waals surface area contributed by atoms with Crippen LogP contribution in [0.15, 0.2) is 84.9 Å². The first-order valence-corrected chi connectivity index (χ1v) is 17.2. The third kappa shape index (κ3) is 10.5. The summed E-state index contributed by atoms with van der Waals surface area (Å²) in [5.74, 6) is -2.17. The summed E-state index contributed by atoms with van der Waals surface area (Å²) in [4.78, 5) is 51.5. The van der Waals surface area contributed by atoms with Crippen LogP contribution in [0.3, 0.4) is 0 Å². The minimum atomic E-state index is -4.69. The van der Waals surface area contributed by atoms with Crippen molar-refractivity contribution in [2.45, 2.75) is 86.5 Å². The van der Waals surface area contributed by atoms with E-state index in [2.05, 4.69) is 10.9 Å². The van der Waals surface area contributed by atoms with Crippen LogP contribution in [0.25, 0.3) is 0 Å². The molecular weight excluding hydrogens is 705 g/mol. The summed E-state index contributed by atoms with van der Waals surface area (Å²) >= 11 is 6.15. The van der Waals surface area contributed by atoms with E-state index >= 15 is 0 Å². The molecule has 0 radical (unpaired) electrons. The molecule has 0 saturated heterocycles. The molecule has 0 spiro atoms.